The number of nitrogens with zero attached hydrogens (tertiary/aromatic N) is 2. The Morgan fingerprint density at radius 1 is 1.15 bits per heavy atom. The monoisotopic (exact) mass is 389 g/mol. The molecule has 0 saturated heterocycles. The van der Waals surface area contributed by atoms with Crippen LogP contribution in [0, 0.1) is 6.92 Å². The molecule has 0 amide bonds. The Labute approximate surface area is 156 Å². The molecule has 8 heteroatoms. The van der Waals surface area contributed by atoms with Gasteiger partial charge in [-0.05, 0) is 30.0 Å². The first-order chi connectivity index (χ1) is 12.4. The van der Waals surface area contributed by atoms with Gasteiger partial charge in [0.15, 0.2) is 0 Å². The van der Waals surface area contributed by atoms with E-state index in [-0.39, 0.29) is 24.4 Å². The number of nitrogens with one attached hydrogen (secondary N) is 1. The van der Waals surface area contributed by atoms with E-state index in [2.05, 4.69) is 9.82 Å². The normalized spacial score (nSPS) is 11.6. The third kappa shape index (κ3) is 4.87. The summed E-state index contributed by atoms with van der Waals surface area (Å²) in [4.78, 5) is 12.9. The second-order valence-corrected chi connectivity index (χ2v) is 8.65. The number of benzene rings is 1. The van der Waals surface area contributed by atoms with E-state index >= 15 is 0 Å². The predicted octanol–water partition coefficient (Wildman–Crippen LogP) is 2.40. The summed E-state index contributed by atoms with van der Waals surface area (Å²) in [6.07, 6.45) is 0. The summed E-state index contributed by atoms with van der Waals surface area (Å²) in [5.74, 6) is -0.0910. The highest BCUT2D eigenvalue weighted by molar-refractivity contribution is 7.88. The Bertz CT molecular complexity index is 1040. The van der Waals surface area contributed by atoms with Crippen LogP contribution in [-0.4, -0.2) is 24.7 Å². The van der Waals surface area contributed by atoms with Crippen LogP contribution in [0.2, 0.25) is 0 Å². The van der Waals surface area contributed by atoms with Gasteiger partial charge in [-0.2, -0.15) is 5.10 Å². The second-order valence-electron chi connectivity index (χ2n) is 5.90. The van der Waals surface area contributed by atoms with E-state index in [4.69, 9.17) is 0 Å². The van der Waals surface area contributed by atoms with Crippen LogP contribution >= 0.6 is 11.3 Å². The lowest BCUT2D eigenvalue weighted by Gasteiger charge is -2.09. The van der Waals surface area contributed by atoms with E-state index < -0.39 is 10.0 Å². The molecule has 0 bridgehead atoms. The standard InChI is InChI=1S/C18H19N3O3S2/c1-14-4-2-5-15(12-14)13-26(23,24)19-9-10-21-18(22)8-7-16(20-21)17-6-3-11-25-17/h2-8,11-12,19H,9-10,13H2,1H3. The molecule has 136 valence electrons. The highest BCUT2D eigenvalue weighted by atomic mass is 32.2. The zero-order chi connectivity index (χ0) is 18.6. The molecule has 6 nitrogen and oxygen atoms in total. The van der Waals surface area contributed by atoms with Gasteiger partial charge in [-0.15, -0.1) is 11.3 Å². The minimum Gasteiger partial charge on any atom is -0.268 e. The highest BCUT2D eigenvalue weighted by Gasteiger charge is 2.12. The van der Waals surface area contributed by atoms with Gasteiger partial charge >= 0.3 is 0 Å². The number of hydrogen-bond donors (Lipinski definition) is 1. The van der Waals surface area contributed by atoms with Crippen LogP contribution in [0.25, 0.3) is 10.6 Å². The Morgan fingerprint density at radius 2 is 2.00 bits per heavy atom. The maximum absolute atomic E-state index is 12.2. The van der Waals surface area contributed by atoms with Crippen molar-refractivity contribution in [3.63, 3.8) is 0 Å². The lowest BCUT2D eigenvalue weighted by molar-refractivity contribution is 0.548. The van der Waals surface area contributed by atoms with Crippen LogP contribution in [0.4, 0.5) is 0 Å². The fourth-order valence-corrected chi connectivity index (χ4v) is 4.36. The molecular weight excluding hydrogens is 370 g/mol. The molecule has 0 atom stereocenters. The molecule has 1 aromatic carbocycles. The maximum Gasteiger partial charge on any atom is 0.266 e. The van der Waals surface area contributed by atoms with Crippen molar-refractivity contribution in [3.05, 3.63) is 75.4 Å². The van der Waals surface area contributed by atoms with Crippen LogP contribution in [0.5, 0.6) is 0 Å². The molecular formula is C18H19N3O3S2. The van der Waals surface area contributed by atoms with Crippen molar-refractivity contribution in [3.8, 4) is 10.6 Å². The number of hydrogen-bond acceptors (Lipinski definition) is 5. The van der Waals surface area contributed by atoms with Gasteiger partial charge in [0.1, 0.15) is 5.69 Å². The van der Waals surface area contributed by atoms with Crippen molar-refractivity contribution in [1.29, 1.82) is 0 Å². The predicted molar refractivity (Wildman–Crippen MR) is 104 cm³/mol. The molecule has 0 unspecified atom stereocenters. The van der Waals surface area contributed by atoms with Gasteiger partial charge < -0.3 is 0 Å². The van der Waals surface area contributed by atoms with Crippen molar-refractivity contribution in [2.75, 3.05) is 6.54 Å². The quantitative estimate of drug-likeness (QED) is 0.673. The molecule has 0 fully saturated rings. The van der Waals surface area contributed by atoms with E-state index in [1.807, 2.05) is 42.6 Å². The van der Waals surface area contributed by atoms with E-state index in [1.165, 1.54) is 22.1 Å². The van der Waals surface area contributed by atoms with E-state index in [0.717, 1.165) is 16.0 Å². The summed E-state index contributed by atoms with van der Waals surface area (Å²) < 4.78 is 28.3. The molecule has 26 heavy (non-hydrogen) atoms. The van der Waals surface area contributed by atoms with Crippen LogP contribution < -0.4 is 10.3 Å². The number of thiophene rings is 1. The molecule has 2 heterocycles. The molecule has 0 saturated carbocycles. The molecule has 0 aliphatic heterocycles. The third-order valence-corrected chi connectivity index (χ3v) is 5.97. The molecule has 3 rings (SSSR count). The summed E-state index contributed by atoms with van der Waals surface area (Å²) in [6.45, 7) is 2.20. The summed E-state index contributed by atoms with van der Waals surface area (Å²) in [5.41, 5.74) is 2.18. The Kier molecular flexibility index (Phi) is 5.65. The number of aromatic nitrogens is 2. The van der Waals surface area contributed by atoms with Gasteiger partial charge in [-0.25, -0.2) is 17.8 Å². The Morgan fingerprint density at radius 3 is 2.73 bits per heavy atom. The van der Waals surface area contributed by atoms with Crippen molar-refractivity contribution in [2.45, 2.75) is 19.2 Å². The van der Waals surface area contributed by atoms with Gasteiger partial charge in [-0.1, -0.05) is 35.9 Å². The summed E-state index contributed by atoms with van der Waals surface area (Å²) >= 11 is 1.53. The topological polar surface area (TPSA) is 81.1 Å². The lowest BCUT2D eigenvalue weighted by Crippen LogP contribution is -2.32. The first-order valence-corrected chi connectivity index (χ1v) is 10.6. The lowest BCUT2D eigenvalue weighted by atomic mass is 10.2. The molecule has 0 radical (unpaired) electrons. The highest BCUT2D eigenvalue weighted by Crippen LogP contribution is 2.20. The first kappa shape index (κ1) is 18.5. The van der Waals surface area contributed by atoms with E-state index in [9.17, 15) is 13.2 Å². The average Bonchev–Trinajstić information content (AvgIpc) is 3.10. The van der Waals surface area contributed by atoms with Crippen LogP contribution in [-0.2, 0) is 22.3 Å². The number of rotatable bonds is 7. The Balaban J connectivity index is 1.64. The molecule has 2 aromatic heterocycles. The molecule has 0 spiro atoms. The minimum absolute atomic E-state index is 0.0910. The van der Waals surface area contributed by atoms with Crippen LogP contribution in [0.3, 0.4) is 0 Å². The summed E-state index contributed by atoms with van der Waals surface area (Å²) in [5, 5.41) is 6.25. The summed E-state index contributed by atoms with van der Waals surface area (Å²) in [7, 11) is -3.48. The van der Waals surface area contributed by atoms with Crippen molar-refractivity contribution >= 4 is 21.4 Å². The average molecular weight is 390 g/mol. The van der Waals surface area contributed by atoms with Gasteiger partial charge in [0.05, 0.1) is 17.2 Å². The molecule has 3 aromatic rings. The van der Waals surface area contributed by atoms with Gasteiger partial charge in [0.25, 0.3) is 5.56 Å². The van der Waals surface area contributed by atoms with Crippen molar-refractivity contribution < 1.29 is 8.42 Å². The minimum atomic E-state index is -3.48. The molecule has 0 aliphatic rings. The smallest absolute Gasteiger partial charge is 0.266 e. The second kappa shape index (κ2) is 7.94. The van der Waals surface area contributed by atoms with E-state index in [1.54, 1.807) is 12.1 Å². The van der Waals surface area contributed by atoms with Gasteiger partial charge in [0.2, 0.25) is 10.0 Å². The number of sulfonamides is 1. The fraction of sp³-hybridized carbons (Fsp3) is 0.222. The van der Waals surface area contributed by atoms with Crippen LogP contribution in [0.1, 0.15) is 11.1 Å². The molecule has 1 N–H and O–H groups in total. The van der Waals surface area contributed by atoms with E-state index in [0.29, 0.717) is 5.69 Å². The Hall–Kier alpha value is -2.29. The van der Waals surface area contributed by atoms with Crippen LogP contribution in [0.15, 0.2) is 58.7 Å². The van der Waals surface area contributed by atoms with Crippen molar-refractivity contribution in [1.82, 2.24) is 14.5 Å². The summed E-state index contributed by atoms with van der Waals surface area (Å²) in [6, 6.07) is 14.3. The fourth-order valence-electron chi connectivity index (χ4n) is 2.54. The maximum atomic E-state index is 12.2. The van der Waals surface area contributed by atoms with Gasteiger partial charge in [-0.3, -0.25) is 4.79 Å². The van der Waals surface area contributed by atoms with Crippen molar-refractivity contribution in [2.24, 2.45) is 0 Å². The number of aryl methyl sites for hydroxylation is 1. The molecule has 0 aliphatic carbocycles. The first-order valence-electron chi connectivity index (χ1n) is 8.08. The SMILES string of the molecule is Cc1cccc(CS(=O)(=O)NCCn2nc(-c3cccs3)ccc2=O)c1. The zero-order valence-electron chi connectivity index (χ0n) is 14.3. The zero-order valence-corrected chi connectivity index (χ0v) is 15.9. The van der Waals surface area contributed by atoms with Gasteiger partial charge in [0, 0.05) is 12.6 Å². The third-order valence-electron chi connectivity index (χ3n) is 3.73. The largest absolute Gasteiger partial charge is 0.268 e.